The van der Waals surface area contributed by atoms with E-state index < -0.39 is 27.0 Å². The van der Waals surface area contributed by atoms with Gasteiger partial charge in [0.25, 0.3) is 0 Å². The first kappa shape index (κ1) is 46.0. The largest absolute Gasteiger partial charge is 0.497 e. The Bertz CT molecular complexity index is 2400. The first-order valence-corrected chi connectivity index (χ1v) is 24.6. The minimum atomic E-state index is -3.72. The molecule has 1 N–H and O–H groups in total. The molecule has 0 aromatic heterocycles. The van der Waals surface area contributed by atoms with Gasteiger partial charge in [0.15, 0.2) is 0 Å². The number of nitrogens with zero attached hydrogens (tertiary/aromatic N) is 2. The van der Waals surface area contributed by atoms with Crippen LogP contribution in [-0.4, -0.2) is 74.7 Å². The van der Waals surface area contributed by atoms with Crippen molar-refractivity contribution in [3.63, 3.8) is 0 Å². The molecule has 342 valence electrons. The maximum Gasteiger partial charge on any atom is 0.338 e. The number of benzene rings is 4. The topological polar surface area (TPSA) is 115 Å². The molecule has 1 aliphatic heterocycles. The van der Waals surface area contributed by atoms with Crippen LogP contribution in [0, 0.1) is 17.8 Å². The average Bonchev–Trinajstić information content (AvgIpc) is 3.39. The van der Waals surface area contributed by atoms with Crippen molar-refractivity contribution in [3.8, 4) is 17.2 Å². The van der Waals surface area contributed by atoms with E-state index in [9.17, 15) is 18.3 Å². The second-order valence-corrected chi connectivity index (χ2v) is 22.3. The van der Waals surface area contributed by atoms with E-state index in [0.717, 1.165) is 65.3 Å². The van der Waals surface area contributed by atoms with Crippen molar-refractivity contribution in [3.05, 3.63) is 129 Å². The number of rotatable bonds is 15. The van der Waals surface area contributed by atoms with E-state index >= 15 is 0 Å². The van der Waals surface area contributed by atoms with Crippen molar-refractivity contribution in [2.24, 2.45) is 17.8 Å². The number of fused-ring (bicyclic) bond motifs is 3. The van der Waals surface area contributed by atoms with Crippen LogP contribution >= 0.6 is 11.6 Å². The Labute approximate surface area is 384 Å². The molecule has 0 saturated heterocycles. The predicted molar refractivity (Wildman–Crippen MR) is 252 cm³/mol. The van der Waals surface area contributed by atoms with E-state index in [2.05, 4.69) is 23.1 Å². The van der Waals surface area contributed by atoms with Crippen molar-refractivity contribution in [1.82, 2.24) is 4.31 Å². The van der Waals surface area contributed by atoms with Gasteiger partial charge in [-0.1, -0.05) is 48.0 Å². The lowest BCUT2D eigenvalue weighted by Gasteiger charge is -2.47. The van der Waals surface area contributed by atoms with E-state index in [-0.39, 0.29) is 42.2 Å². The summed E-state index contributed by atoms with van der Waals surface area (Å²) in [7, 11) is -0.501. The normalized spacial score (nSPS) is 22.7. The number of aliphatic hydroxyl groups is 1. The number of anilines is 1. The summed E-state index contributed by atoms with van der Waals surface area (Å²) < 4.78 is 53.4. The quantitative estimate of drug-likeness (QED) is 0.0920. The number of aliphatic hydroxyl groups excluding tert-OH is 1. The highest BCUT2D eigenvalue weighted by Gasteiger charge is 2.46. The molecule has 0 bridgehead atoms. The first-order chi connectivity index (χ1) is 30.5. The van der Waals surface area contributed by atoms with Gasteiger partial charge in [-0.25, -0.2) is 13.2 Å². The van der Waals surface area contributed by atoms with Crippen LogP contribution in [0.1, 0.15) is 98.8 Å². The third kappa shape index (κ3) is 9.98. The maximum absolute atomic E-state index is 14.4. The van der Waals surface area contributed by atoms with Crippen molar-refractivity contribution < 1.29 is 37.3 Å². The third-order valence-corrected chi connectivity index (χ3v) is 16.3. The number of sulfonamides is 1. The number of halogens is 1. The van der Waals surface area contributed by atoms with Gasteiger partial charge in [-0.05, 0) is 173 Å². The summed E-state index contributed by atoms with van der Waals surface area (Å²) >= 11 is 6.50. The number of hydrogen-bond donors (Lipinski definition) is 1. The standard InChI is InChI=1S/C52H63ClN2O8S/c1-34(64(58,59)55(29-35-9-16-43(60-5)17-10-35)30-36-11-18-44(61-6)19-12-36)24-37-25-41(26-37)49(56)45-20-13-40(45)31-54-32-52(23-7-8-38-27-42(53)15-21-46(38)52)33-62-48-22-14-39(28-47(48)54)50(57)63-51(2,3)4/h9-12,14-19,21-22,25,27-28,34,37,40,45,49,56H,7-8,13,20,23-24,26,29-33H2,1-6H3/t34-,37-,40+,45-,49-,52+/m1/s1. The number of carbonyl (C=O) groups excluding carboxylic acids is 1. The molecule has 3 aliphatic carbocycles. The van der Waals surface area contributed by atoms with Gasteiger partial charge < -0.3 is 29.0 Å². The molecule has 4 aromatic rings. The van der Waals surface area contributed by atoms with Gasteiger partial charge in [-0.2, -0.15) is 4.31 Å². The van der Waals surface area contributed by atoms with E-state index in [4.69, 9.17) is 30.5 Å². The van der Waals surface area contributed by atoms with Crippen molar-refractivity contribution in [2.45, 2.75) is 108 Å². The van der Waals surface area contributed by atoms with Crippen LogP contribution in [0.25, 0.3) is 0 Å². The number of esters is 1. The highest BCUT2D eigenvalue weighted by atomic mass is 35.5. The van der Waals surface area contributed by atoms with Gasteiger partial charge >= 0.3 is 5.97 Å². The zero-order valence-corrected chi connectivity index (χ0v) is 39.6. The second kappa shape index (κ2) is 18.7. The Kier molecular flexibility index (Phi) is 13.5. The van der Waals surface area contributed by atoms with E-state index in [1.54, 1.807) is 31.5 Å². The summed E-state index contributed by atoms with van der Waals surface area (Å²) in [4.78, 5) is 15.8. The van der Waals surface area contributed by atoms with E-state index in [0.29, 0.717) is 49.6 Å². The van der Waals surface area contributed by atoms with Crippen LogP contribution < -0.4 is 19.1 Å². The highest BCUT2D eigenvalue weighted by molar-refractivity contribution is 7.89. The Hall–Kier alpha value is -4.55. The SMILES string of the molecule is COc1ccc(CN(Cc2ccc(OC)cc2)S(=O)(=O)[C@H](C)C[C@@H]2C=C([C@@H](O)[C@@H]3CC[C@H]3CN3C[C@@]4(CCCc5cc(Cl)ccc54)COc4ccc(C(=O)OC(C)(C)C)cc43)C2)cc1. The maximum atomic E-state index is 14.4. The summed E-state index contributed by atoms with van der Waals surface area (Å²) in [6.45, 7) is 9.79. The van der Waals surface area contributed by atoms with Crippen LogP contribution in [0.2, 0.25) is 5.02 Å². The molecule has 0 unspecified atom stereocenters. The summed E-state index contributed by atoms with van der Waals surface area (Å²) in [5, 5.41) is 12.0. The molecule has 0 radical (unpaired) electrons. The number of allylic oxidation sites excluding steroid dienone is 1. The second-order valence-electron chi connectivity index (χ2n) is 19.5. The number of aryl methyl sites for hydroxylation is 1. The van der Waals surface area contributed by atoms with E-state index in [1.165, 1.54) is 11.1 Å². The molecule has 1 spiro atoms. The van der Waals surface area contributed by atoms with Gasteiger partial charge in [0.05, 0.1) is 43.4 Å². The molecule has 10 nitrogen and oxygen atoms in total. The van der Waals surface area contributed by atoms with Gasteiger partial charge in [0, 0.05) is 36.6 Å². The molecule has 8 rings (SSSR count). The average molecular weight is 912 g/mol. The van der Waals surface area contributed by atoms with E-state index in [1.807, 2.05) is 87.5 Å². The summed E-state index contributed by atoms with van der Waals surface area (Å²) in [6, 6.07) is 26.9. The third-order valence-electron chi connectivity index (χ3n) is 13.9. The molecule has 1 saturated carbocycles. The Morgan fingerprint density at radius 1 is 0.953 bits per heavy atom. The summed E-state index contributed by atoms with van der Waals surface area (Å²) in [6.07, 6.45) is 7.48. The molecule has 1 fully saturated rings. The van der Waals surface area contributed by atoms with Crippen molar-refractivity contribution >= 4 is 33.3 Å². The first-order valence-electron chi connectivity index (χ1n) is 22.7. The highest BCUT2D eigenvalue weighted by Crippen LogP contribution is 2.48. The number of methoxy groups -OCH3 is 2. The Morgan fingerprint density at radius 3 is 2.20 bits per heavy atom. The smallest absolute Gasteiger partial charge is 0.338 e. The molecule has 1 heterocycles. The number of ether oxygens (including phenoxy) is 4. The lowest BCUT2D eigenvalue weighted by atomic mass is 9.65. The van der Waals surface area contributed by atoms with Crippen molar-refractivity contribution in [2.75, 3.05) is 38.8 Å². The molecule has 64 heavy (non-hydrogen) atoms. The number of carbonyl (C=O) groups is 1. The van der Waals surface area contributed by atoms with Gasteiger partial charge in [-0.15, -0.1) is 0 Å². The number of hydrogen-bond acceptors (Lipinski definition) is 9. The molecule has 0 amide bonds. The molecule has 6 atom stereocenters. The van der Waals surface area contributed by atoms with Gasteiger partial charge in [0.1, 0.15) is 22.8 Å². The van der Waals surface area contributed by atoms with Crippen molar-refractivity contribution in [1.29, 1.82) is 0 Å². The molecular weight excluding hydrogens is 848 g/mol. The van der Waals surface area contributed by atoms with Gasteiger partial charge in [0.2, 0.25) is 10.0 Å². The summed E-state index contributed by atoms with van der Waals surface area (Å²) in [5.41, 5.74) is 5.71. The molecule has 4 aliphatic rings. The lowest BCUT2D eigenvalue weighted by molar-refractivity contribution is 0.00694. The molecule has 4 aromatic carbocycles. The zero-order valence-electron chi connectivity index (χ0n) is 38.0. The zero-order chi connectivity index (χ0) is 45.4. The minimum Gasteiger partial charge on any atom is -0.497 e. The Balaban J connectivity index is 0.976. The fourth-order valence-corrected chi connectivity index (χ4v) is 12.1. The van der Waals surface area contributed by atoms with Crippen LogP contribution in [0.3, 0.4) is 0 Å². The van der Waals surface area contributed by atoms with Gasteiger partial charge in [-0.3, -0.25) is 0 Å². The summed E-state index contributed by atoms with van der Waals surface area (Å²) in [5.74, 6) is 2.11. The Morgan fingerprint density at radius 2 is 1.61 bits per heavy atom. The molecule has 12 heteroatoms. The lowest BCUT2D eigenvalue weighted by Crippen LogP contribution is -2.50. The fourth-order valence-electron chi connectivity index (χ4n) is 10.2. The monoisotopic (exact) mass is 910 g/mol. The predicted octanol–water partition coefficient (Wildman–Crippen LogP) is 9.93. The van der Waals surface area contributed by atoms with Crippen LogP contribution in [-0.2, 0) is 39.7 Å². The van der Waals surface area contributed by atoms with Crippen LogP contribution in [0.5, 0.6) is 17.2 Å². The van der Waals surface area contributed by atoms with Crippen LogP contribution in [0.15, 0.2) is 96.6 Å². The molecular formula is C52H63ClN2O8S. The minimum absolute atomic E-state index is 0.0532. The van der Waals surface area contributed by atoms with Crippen LogP contribution in [0.4, 0.5) is 5.69 Å². The fraction of sp³-hybridized carbons (Fsp3) is 0.481.